The summed E-state index contributed by atoms with van der Waals surface area (Å²) in [7, 11) is 0. The minimum atomic E-state index is -0.991. The Morgan fingerprint density at radius 2 is 1.20 bits per heavy atom. The van der Waals surface area contributed by atoms with Crippen molar-refractivity contribution in [3.8, 4) is 11.5 Å². The smallest absolute Gasteiger partial charge is 0.344 e. The first-order chi connectivity index (χ1) is 11.8. The van der Waals surface area contributed by atoms with Crippen LogP contribution in [0.2, 0.25) is 5.02 Å². The van der Waals surface area contributed by atoms with E-state index >= 15 is 0 Å². The number of ether oxygens (including phenoxy) is 2. The Balaban J connectivity index is 0.000000251. The molecule has 0 amide bonds. The summed E-state index contributed by atoms with van der Waals surface area (Å²) in [5.74, 6) is -0.875. The molecule has 6 nitrogen and oxygen atoms in total. The Morgan fingerprint density at radius 3 is 1.60 bits per heavy atom. The molecule has 2 rings (SSSR count). The van der Waals surface area contributed by atoms with E-state index in [1.165, 1.54) is 13.8 Å². The molecule has 2 aromatic carbocycles. The Kier molecular flexibility index (Phi) is 8.29. The van der Waals surface area contributed by atoms with Crippen LogP contribution in [0, 0.1) is 0 Å². The van der Waals surface area contributed by atoms with Gasteiger partial charge in [-0.15, -0.1) is 0 Å². The summed E-state index contributed by atoms with van der Waals surface area (Å²) in [5, 5.41) is 17.7. The Hall–Kier alpha value is -2.73. The molecule has 0 heterocycles. The maximum Gasteiger partial charge on any atom is 0.344 e. The Labute approximate surface area is 150 Å². The average Bonchev–Trinajstić information content (AvgIpc) is 2.58. The van der Waals surface area contributed by atoms with Gasteiger partial charge in [-0.05, 0) is 50.2 Å². The maximum atomic E-state index is 10.4. The highest BCUT2D eigenvalue weighted by atomic mass is 35.5. The van der Waals surface area contributed by atoms with Crippen molar-refractivity contribution in [2.24, 2.45) is 0 Å². The summed E-state index contributed by atoms with van der Waals surface area (Å²) in [6, 6.07) is 15.4. The fourth-order valence-electron chi connectivity index (χ4n) is 1.52. The number of halogens is 1. The van der Waals surface area contributed by atoms with Gasteiger partial charge in [-0.3, -0.25) is 0 Å². The molecule has 7 heteroatoms. The summed E-state index contributed by atoms with van der Waals surface area (Å²) in [4.78, 5) is 20.8. The standard InChI is InChI=1S/C9H9ClO3.C9H10O3/c1-6(9(11)12)13-8-4-2-7(10)3-5-8;1-7(9(10)11)12-8-5-3-2-4-6-8/h2-6H,1H3,(H,11,12);2-7H,1H3,(H,10,11). The Morgan fingerprint density at radius 1 is 0.800 bits per heavy atom. The van der Waals surface area contributed by atoms with E-state index in [4.69, 9.17) is 31.3 Å². The second-order valence-corrected chi connectivity index (χ2v) is 5.40. The lowest BCUT2D eigenvalue weighted by Gasteiger charge is -2.09. The van der Waals surface area contributed by atoms with Gasteiger partial charge in [0.1, 0.15) is 11.5 Å². The van der Waals surface area contributed by atoms with Crippen LogP contribution >= 0.6 is 11.6 Å². The Bertz CT molecular complexity index is 672. The van der Waals surface area contributed by atoms with Gasteiger partial charge >= 0.3 is 11.9 Å². The van der Waals surface area contributed by atoms with Crippen LogP contribution in [0.25, 0.3) is 0 Å². The van der Waals surface area contributed by atoms with E-state index in [1.54, 1.807) is 48.5 Å². The maximum absolute atomic E-state index is 10.4. The van der Waals surface area contributed by atoms with E-state index in [0.717, 1.165) is 0 Å². The minimum Gasteiger partial charge on any atom is -0.479 e. The van der Waals surface area contributed by atoms with Gasteiger partial charge in [0, 0.05) is 5.02 Å². The largest absolute Gasteiger partial charge is 0.479 e. The number of carboxylic acids is 2. The van der Waals surface area contributed by atoms with Crippen molar-refractivity contribution in [1.29, 1.82) is 0 Å². The summed E-state index contributed by atoms with van der Waals surface area (Å²) < 4.78 is 10.1. The number of aliphatic carboxylic acids is 2. The lowest BCUT2D eigenvalue weighted by molar-refractivity contribution is -0.145. The third-order valence-corrected chi connectivity index (χ3v) is 3.13. The molecule has 0 aliphatic heterocycles. The fraction of sp³-hybridized carbons (Fsp3) is 0.222. The van der Waals surface area contributed by atoms with Gasteiger partial charge in [-0.1, -0.05) is 29.8 Å². The molecule has 2 unspecified atom stereocenters. The lowest BCUT2D eigenvalue weighted by atomic mass is 10.3. The van der Waals surface area contributed by atoms with Gasteiger partial charge in [-0.25, -0.2) is 9.59 Å². The number of para-hydroxylation sites is 1. The number of carboxylic acid groups (broad SMARTS) is 2. The fourth-order valence-corrected chi connectivity index (χ4v) is 1.65. The first-order valence-electron chi connectivity index (χ1n) is 7.39. The molecule has 2 aromatic rings. The third-order valence-electron chi connectivity index (χ3n) is 2.88. The van der Waals surface area contributed by atoms with Crippen LogP contribution in [0.15, 0.2) is 54.6 Å². The molecule has 0 radical (unpaired) electrons. The average molecular weight is 367 g/mol. The predicted octanol–water partition coefficient (Wildman–Crippen LogP) is 3.73. The van der Waals surface area contributed by atoms with Crippen molar-refractivity contribution in [2.75, 3.05) is 0 Å². The van der Waals surface area contributed by atoms with Gasteiger partial charge in [0.2, 0.25) is 0 Å². The van der Waals surface area contributed by atoms with Crippen LogP contribution in [-0.2, 0) is 9.59 Å². The zero-order valence-corrected chi connectivity index (χ0v) is 14.5. The number of hydrogen-bond donors (Lipinski definition) is 2. The third kappa shape index (κ3) is 8.08. The van der Waals surface area contributed by atoms with Gasteiger partial charge in [0.25, 0.3) is 0 Å². The van der Waals surface area contributed by atoms with E-state index in [0.29, 0.717) is 16.5 Å². The van der Waals surface area contributed by atoms with E-state index in [1.807, 2.05) is 6.07 Å². The van der Waals surface area contributed by atoms with Crippen LogP contribution in [0.3, 0.4) is 0 Å². The molecule has 134 valence electrons. The van der Waals surface area contributed by atoms with Crippen molar-refractivity contribution < 1.29 is 29.3 Å². The number of hydrogen-bond acceptors (Lipinski definition) is 4. The van der Waals surface area contributed by atoms with Crippen molar-refractivity contribution in [3.63, 3.8) is 0 Å². The zero-order chi connectivity index (χ0) is 18.8. The monoisotopic (exact) mass is 366 g/mol. The van der Waals surface area contributed by atoms with Gasteiger partial charge in [0.15, 0.2) is 12.2 Å². The summed E-state index contributed by atoms with van der Waals surface area (Å²) in [6.45, 7) is 2.96. The molecule has 0 saturated heterocycles. The van der Waals surface area contributed by atoms with E-state index in [9.17, 15) is 9.59 Å². The molecule has 0 spiro atoms. The molecule has 0 aliphatic carbocycles. The molecule has 0 aliphatic rings. The lowest BCUT2D eigenvalue weighted by Crippen LogP contribution is -2.22. The van der Waals surface area contributed by atoms with Crippen molar-refractivity contribution in [2.45, 2.75) is 26.1 Å². The second kappa shape index (κ2) is 10.2. The van der Waals surface area contributed by atoms with Crippen molar-refractivity contribution in [3.05, 3.63) is 59.6 Å². The van der Waals surface area contributed by atoms with E-state index in [-0.39, 0.29) is 0 Å². The summed E-state index contributed by atoms with van der Waals surface area (Å²) in [6.07, 6.45) is -1.64. The normalized spacial score (nSPS) is 12.1. The number of rotatable bonds is 6. The molecule has 2 atom stereocenters. The molecular formula is C18H19ClO6. The molecule has 0 saturated carbocycles. The highest BCUT2D eigenvalue weighted by molar-refractivity contribution is 6.30. The van der Waals surface area contributed by atoms with Crippen molar-refractivity contribution in [1.82, 2.24) is 0 Å². The van der Waals surface area contributed by atoms with Crippen LogP contribution < -0.4 is 9.47 Å². The second-order valence-electron chi connectivity index (χ2n) is 4.96. The highest BCUT2D eigenvalue weighted by Crippen LogP contribution is 2.16. The first-order valence-corrected chi connectivity index (χ1v) is 7.77. The van der Waals surface area contributed by atoms with E-state index < -0.39 is 24.1 Å². The quantitative estimate of drug-likeness (QED) is 0.809. The van der Waals surface area contributed by atoms with Crippen LogP contribution in [0.4, 0.5) is 0 Å². The first kappa shape index (κ1) is 20.3. The van der Waals surface area contributed by atoms with Crippen LogP contribution in [-0.4, -0.2) is 34.4 Å². The highest BCUT2D eigenvalue weighted by Gasteiger charge is 2.12. The minimum absolute atomic E-state index is 0.499. The molecule has 25 heavy (non-hydrogen) atoms. The van der Waals surface area contributed by atoms with Gasteiger partial charge in [0.05, 0.1) is 0 Å². The van der Waals surface area contributed by atoms with Gasteiger partial charge in [-0.2, -0.15) is 0 Å². The SMILES string of the molecule is CC(Oc1ccc(Cl)cc1)C(=O)O.CC(Oc1ccccc1)C(=O)O. The van der Waals surface area contributed by atoms with Crippen LogP contribution in [0.5, 0.6) is 11.5 Å². The topological polar surface area (TPSA) is 93.1 Å². The molecule has 0 bridgehead atoms. The summed E-state index contributed by atoms with van der Waals surface area (Å²) in [5.41, 5.74) is 0. The summed E-state index contributed by atoms with van der Waals surface area (Å²) >= 11 is 5.64. The van der Waals surface area contributed by atoms with Crippen molar-refractivity contribution >= 4 is 23.5 Å². The molecular weight excluding hydrogens is 348 g/mol. The number of carbonyl (C=O) groups is 2. The number of benzene rings is 2. The van der Waals surface area contributed by atoms with E-state index in [2.05, 4.69) is 0 Å². The molecule has 2 N–H and O–H groups in total. The molecule has 0 aromatic heterocycles. The predicted molar refractivity (Wildman–Crippen MR) is 93.3 cm³/mol. The molecule has 0 fully saturated rings. The zero-order valence-electron chi connectivity index (χ0n) is 13.8. The van der Waals surface area contributed by atoms with Crippen LogP contribution in [0.1, 0.15) is 13.8 Å². The van der Waals surface area contributed by atoms with Gasteiger partial charge < -0.3 is 19.7 Å².